The Hall–Kier alpha value is -1.25. The van der Waals surface area contributed by atoms with E-state index in [1.807, 2.05) is 17.6 Å². The molecule has 0 aliphatic rings. The average Bonchev–Trinajstić information content (AvgIpc) is 2.32. The minimum atomic E-state index is -0.853. The zero-order chi connectivity index (χ0) is 10.0. The van der Waals surface area contributed by atoms with E-state index in [4.69, 9.17) is 5.11 Å². The second kappa shape index (κ2) is 3.64. The molecule has 72 valence electrons. The topological polar surface area (TPSA) is 42.2 Å². The van der Waals surface area contributed by atoms with Crippen LogP contribution in [0.5, 0.6) is 0 Å². The number of aromatic nitrogens is 1. The normalized spacial score (nSPS) is 10.8. The Morgan fingerprint density at radius 1 is 1.54 bits per heavy atom. The van der Waals surface area contributed by atoms with Crippen molar-refractivity contribution in [2.24, 2.45) is 5.92 Å². The maximum Gasteiger partial charge on any atom is 0.352 e. The van der Waals surface area contributed by atoms with Gasteiger partial charge < -0.3 is 9.67 Å². The van der Waals surface area contributed by atoms with Crippen molar-refractivity contribution >= 4 is 5.97 Å². The molecule has 3 heteroatoms. The summed E-state index contributed by atoms with van der Waals surface area (Å²) >= 11 is 0. The summed E-state index contributed by atoms with van der Waals surface area (Å²) in [6.07, 6.45) is 0. The molecule has 0 spiro atoms. The van der Waals surface area contributed by atoms with Gasteiger partial charge in [-0.25, -0.2) is 4.79 Å². The highest BCUT2D eigenvalue weighted by atomic mass is 16.4. The number of carboxylic acid groups (broad SMARTS) is 1. The number of carboxylic acids is 1. The summed E-state index contributed by atoms with van der Waals surface area (Å²) in [6.45, 7) is 6.84. The van der Waals surface area contributed by atoms with Crippen LogP contribution in [0.25, 0.3) is 0 Å². The summed E-state index contributed by atoms with van der Waals surface area (Å²) in [4.78, 5) is 10.8. The fraction of sp³-hybridized carbons (Fsp3) is 0.500. The molecule has 0 amide bonds. The standard InChI is InChI=1S/C10H15NO2/c1-7(2)6-11-8(3)4-5-9(11)10(12)13/h4-5,7H,6H2,1-3H3,(H,12,13). The van der Waals surface area contributed by atoms with Crippen LogP contribution in [0.3, 0.4) is 0 Å². The first-order valence-corrected chi connectivity index (χ1v) is 4.41. The first-order valence-electron chi connectivity index (χ1n) is 4.41. The predicted molar refractivity (Wildman–Crippen MR) is 51.0 cm³/mol. The Kier molecular flexibility index (Phi) is 2.76. The number of hydrogen-bond acceptors (Lipinski definition) is 1. The van der Waals surface area contributed by atoms with Crippen molar-refractivity contribution in [1.82, 2.24) is 4.57 Å². The second-order valence-electron chi connectivity index (χ2n) is 3.67. The van der Waals surface area contributed by atoms with E-state index in [0.29, 0.717) is 11.6 Å². The average molecular weight is 181 g/mol. The van der Waals surface area contributed by atoms with Gasteiger partial charge in [-0.1, -0.05) is 13.8 Å². The lowest BCUT2D eigenvalue weighted by Gasteiger charge is -2.11. The Balaban J connectivity index is 3.01. The smallest absolute Gasteiger partial charge is 0.352 e. The molecule has 1 aromatic rings. The number of rotatable bonds is 3. The van der Waals surface area contributed by atoms with E-state index in [1.54, 1.807) is 6.07 Å². The van der Waals surface area contributed by atoms with Crippen molar-refractivity contribution in [1.29, 1.82) is 0 Å². The van der Waals surface area contributed by atoms with Crippen molar-refractivity contribution < 1.29 is 9.90 Å². The highest BCUT2D eigenvalue weighted by Crippen LogP contribution is 2.11. The number of hydrogen-bond donors (Lipinski definition) is 1. The van der Waals surface area contributed by atoms with Crippen LogP contribution >= 0.6 is 0 Å². The lowest BCUT2D eigenvalue weighted by Crippen LogP contribution is -2.13. The molecular weight excluding hydrogens is 166 g/mol. The van der Waals surface area contributed by atoms with Crippen molar-refractivity contribution in [3.63, 3.8) is 0 Å². The monoisotopic (exact) mass is 181 g/mol. The number of aromatic carboxylic acids is 1. The third kappa shape index (κ3) is 2.11. The molecule has 1 rings (SSSR count). The molecule has 3 nitrogen and oxygen atoms in total. The highest BCUT2D eigenvalue weighted by Gasteiger charge is 2.11. The zero-order valence-electron chi connectivity index (χ0n) is 8.24. The molecule has 1 aromatic heterocycles. The van der Waals surface area contributed by atoms with Gasteiger partial charge in [-0.15, -0.1) is 0 Å². The molecule has 0 fully saturated rings. The molecule has 0 saturated heterocycles. The molecule has 1 heterocycles. The summed E-state index contributed by atoms with van der Waals surface area (Å²) in [6, 6.07) is 3.49. The first kappa shape index (κ1) is 9.84. The summed E-state index contributed by atoms with van der Waals surface area (Å²) in [5.74, 6) is -0.391. The molecule has 13 heavy (non-hydrogen) atoms. The minimum Gasteiger partial charge on any atom is -0.477 e. The molecule has 0 aromatic carbocycles. The zero-order valence-corrected chi connectivity index (χ0v) is 8.24. The molecular formula is C10H15NO2. The lowest BCUT2D eigenvalue weighted by atomic mass is 10.2. The fourth-order valence-electron chi connectivity index (χ4n) is 1.36. The van der Waals surface area contributed by atoms with Crippen LogP contribution in [0, 0.1) is 12.8 Å². The predicted octanol–water partition coefficient (Wildman–Crippen LogP) is 2.15. The van der Waals surface area contributed by atoms with E-state index in [1.165, 1.54) is 0 Å². The van der Waals surface area contributed by atoms with Gasteiger partial charge in [0, 0.05) is 12.2 Å². The van der Waals surface area contributed by atoms with Gasteiger partial charge in [0.05, 0.1) is 0 Å². The SMILES string of the molecule is Cc1ccc(C(=O)O)n1CC(C)C. The number of aryl methyl sites for hydroxylation is 1. The van der Waals surface area contributed by atoms with Gasteiger partial charge in [0.2, 0.25) is 0 Å². The molecule has 0 atom stereocenters. The lowest BCUT2D eigenvalue weighted by molar-refractivity contribution is 0.0684. The summed E-state index contributed by atoms with van der Waals surface area (Å²) < 4.78 is 1.84. The molecule has 1 N–H and O–H groups in total. The van der Waals surface area contributed by atoms with Gasteiger partial charge in [-0.2, -0.15) is 0 Å². The van der Waals surface area contributed by atoms with Gasteiger partial charge in [0.1, 0.15) is 5.69 Å². The third-order valence-electron chi connectivity index (χ3n) is 1.97. The Morgan fingerprint density at radius 3 is 2.62 bits per heavy atom. The van der Waals surface area contributed by atoms with Crippen LogP contribution in [0.1, 0.15) is 30.0 Å². The first-order chi connectivity index (χ1) is 6.02. The van der Waals surface area contributed by atoms with Crippen LogP contribution < -0.4 is 0 Å². The molecule has 0 unspecified atom stereocenters. The Bertz CT molecular complexity index is 313. The van der Waals surface area contributed by atoms with E-state index in [2.05, 4.69) is 13.8 Å². The van der Waals surface area contributed by atoms with Gasteiger partial charge in [0.15, 0.2) is 0 Å². The summed E-state index contributed by atoms with van der Waals surface area (Å²) in [5, 5.41) is 8.87. The minimum absolute atomic E-state index is 0.381. The summed E-state index contributed by atoms with van der Waals surface area (Å²) in [7, 11) is 0. The highest BCUT2D eigenvalue weighted by molar-refractivity contribution is 5.86. The van der Waals surface area contributed by atoms with Crippen LogP contribution in [0.4, 0.5) is 0 Å². The Labute approximate surface area is 78.0 Å². The van der Waals surface area contributed by atoms with Gasteiger partial charge in [-0.05, 0) is 25.0 Å². The maximum absolute atomic E-state index is 10.8. The van der Waals surface area contributed by atoms with E-state index >= 15 is 0 Å². The Morgan fingerprint density at radius 2 is 2.15 bits per heavy atom. The third-order valence-corrected chi connectivity index (χ3v) is 1.97. The van der Waals surface area contributed by atoms with E-state index in [9.17, 15) is 4.79 Å². The van der Waals surface area contributed by atoms with Gasteiger partial charge >= 0.3 is 5.97 Å². The number of carbonyl (C=O) groups is 1. The molecule has 0 aliphatic heterocycles. The van der Waals surface area contributed by atoms with Crippen LogP contribution in [0.15, 0.2) is 12.1 Å². The number of nitrogens with zero attached hydrogens (tertiary/aromatic N) is 1. The van der Waals surface area contributed by atoms with Gasteiger partial charge in [0.25, 0.3) is 0 Å². The summed E-state index contributed by atoms with van der Waals surface area (Å²) in [5.41, 5.74) is 1.39. The largest absolute Gasteiger partial charge is 0.477 e. The van der Waals surface area contributed by atoms with E-state index < -0.39 is 5.97 Å². The second-order valence-corrected chi connectivity index (χ2v) is 3.67. The van der Waals surface area contributed by atoms with Crippen molar-refractivity contribution in [3.8, 4) is 0 Å². The van der Waals surface area contributed by atoms with Crippen molar-refractivity contribution in [2.75, 3.05) is 0 Å². The van der Waals surface area contributed by atoms with E-state index in [-0.39, 0.29) is 0 Å². The van der Waals surface area contributed by atoms with Crippen molar-refractivity contribution in [3.05, 3.63) is 23.5 Å². The van der Waals surface area contributed by atoms with Crippen LogP contribution in [-0.2, 0) is 6.54 Å². The van der Waals surface area contributed by atoms with Crippen molar-refractivity contribution in [2.45, 2.75) is 27.3 Å². The molecule has 0 radical (unpaired) electrons. The van der Waals surface area contributed by atoms with E-state index in [0.717, 1.165) is 12.2 Å². The molecule has 0 bridgehead atoms. The molecule has 0 saturated carbocycles. The molecule has 0 aliphatic carbocycles. The van der Waals surface area contributed by atoms with Crippen LogP contribution in [-0.4, -0.2) is 15.6 Å². The van der Waals surface area contributed by atoms with Gasteiger partial charge in [-0.3, -0.25) is 0 Å². The maximum atomic E-state index is 10.8. The fourth-order valence-corrected chi connectivity index (χ4v) is 1.36. The quantitative estimate of drug-likeness (QED) is 0.776. The van der Waals surface area contributed by atoms with Crippen LogP contribution in [0.2, 0.25) is 0 Å².